The van der Waals surface area contributed by atoms with Gasteiger partial charge in [0.15, 0.2) is 28.5 Å². The molecule has 1 aliphatic heterocycles. The van der Waals surface area contributed by atoms with Gasteiger partial charge in [-0.2, -0.15) is 9.97 Å². The number of nitrogens with one attached hydrogen (secondary N) is 2. The number of aromatic nitrogens is 4. The molecule has 1 amide bonds. The molecular weight excluding hydrogens is 514 g/mol. The van der Waals surface area contributed by atoms with Crippen molar-refractivity contribution in [2.75, 3.05) is 58.2 Å². The molecule has 0 bridgehead atoms. The second kappa shape index (κ2) is 12.4. The molecule has 0 radical (unpaired) electrons. The molecule has 0 aliphatic carbocycles. The van der Waals surface area contributed by atoms with Gasteiger partial charge in [0, 0.05) is 43.9 Å². The van der Waals surface area contributed by atoms with Gasteiger partial charge < -0.3 is 39.0 Å². The van der Waals surface area contributed by atoms with Crippen LogP contribution in [0.15, 0.2) is 48.8 Å². The zero-order chi connectivity index (χ0) is 27.9. The number of carbonyl (C=O) groups is 1. The number of benzene rings is 2. The second-order valence-corrected chi connectivity index (χ2v) is 9.12. The van der Waals surface area contributed by atoms with E-state index in [1.54, 1.807) is 39.8 Å². The Labute approximate surface area is 232 Å². The molecule has 0 atom stereocenters. The van der Waals surface area contributed by atoms with Crippen LogP contribution in [0.3, 0.4) is 0 Å². The minimum Gasteiger partial charge on any atom is -0.493 e. The van der Waals surface area contributed by atoms with Crippen LogP contribution in [0.1, 0.15) is 12.8 Å². The van der Waals surface area contributed by atoms with Crippen LogP contribution in [-0.4, -0.2) is 77.9 Å². The van der Waals surface area contributed by atoms with Crippen LogP contribution in [0, 0.1) is 0 Å². The molecule has 5 rings (SSSR count). The summed E-state index contributed by atoms with van der Waals surface area (Å²) >= 11 is 0. The van der Waals surface area contributed by atoms with Gasteiger partial charge in [-0.3, -0.25) is 4.79 Å². The van der Waals surface area contributed by atoms with E-state index in [1.165, 1.54) is 0 Å². The molecule has 2 N–H and O–H groups in total. The fraction of sp³-hybridized carbons (Fsp3) is 0.357. The summed E-state index contributed by atoms with van der Waals surface area (Å²) in [5, 5.41) is 6.60. The molecular formula is C28H33N7O5. The van der Waals surface area contributed by atoms with Crippen LogP contribution in [0.4, 0.5) is 17.5 Å². The highest BCUT2D eigenvalue weighted by molar-refractivity contribution is 5.85. The van der Waals surface area contributed by atoms with Crippen molar-refractivity contribution < 1.29 is 23.7 Å². The molecule has 2 aromatic carbocycles. The van der Waals surface area contributed by atoms with Gasteiger partial charge in [0.05, 0.1) is 34.2 Å². The van der Waals surface area contributed by atoms with Gasteiger partial charge in [0.25, 0.3) is 0 Å². The summed E-state index contributed by atoms with van der Waals surface area (Å²) < 4.78 is 24.2. The summed E-state index contributed by atoms with van der Waals surface area (Å²) in [6.45, 7) is 2.88. The van der Waals surface area contributed by atoms with Crippen LogP contribution in [0.2, 0.25) is 0 Å². The Morgan fingerprint density at radius 2 is 1.75 bits per heavy atom. The summed E-state index contributed by atoms with van der Waals surface area (Å²) in [5.41, 5.74) is 1.92. The van der Waals surface area contributed by atoms with Gasteiger partial charge in [-0.25, -0.2) is 4.98 Å². The summed E-state index contributed by atoms with van der Waals surface area (Å²) in [7, 11) is 4.68. The number of hydrogen-bond acceptors (Lipinski definition) is 10. The topological polar surface area (TPSA) is 125 Å². The first-order valence-electron chi connectivity index (χ1n) is 13.1. The van der Waals surface area contributed by atoms with Gasteiger partial charge in [0.2, 0.25) is 17.6 Å². The summed E-state index contributed by atoms with van der Waals surface area (Å²) in [5.74, 6) is 3.39. The zero-order valence-electron chi connectivity index (χ0n) is 22.8. The number of methoxy groups -OCH3 is 3. The first kappa shape index (κ1) is 26.9. The number of hydrogen-bond donors (Lipinski definition) is 2. The SMILES string of the molecule is COc1cc(Nc2nc(NCCOc3ccccc3)c3ncn(CCN4CCCC4=O)c3n2)cc(OC)c1OC. The van der Waals surface area contributed by atoms with Crippen molar-refractivity contribution in [3.63, 3.8) is 0 Å². The molecule has 12 nitrogen and oxygen atoms in total. The Morgan fingerprint density at radius 3 is 2.42 bits per heavy atom. The maximum Gasteiger partial charge on any atom is 0.231 e. The number of rotatable bonds is 13. The van der Waals surface area contributed by atoms with E-state index < -0.39 is 0 Å². The van der Waals surface area contributed by atoms with Crippen LogP contribution in [-0.2, 0) is 11.3 Å². The number of imidazole rings is 1. The third-order valence-corrected chi connectivity index (χ3v) is 6.57. The number of ether oxygens (including phenoxy) is 4. The smallest absolute Gasteiger partial charge is 0.231 e. The molecule has 2 aromatic heterocycles. The van der Waals surface area contributed by atoms with Crippen molar-refractivity contribution >= 4 is 34.5 Å². The molecule has 12 heteroatoms. The number of likely N-dealkylation sites (tertiary alicyclic amines) is 1. The lowest BCUT2D eigenvalue weighted by atomic mass is 10.2. The lowest BCUT2D eigenvalue weighted by molar-refractivity contribution is -0.127. The third kappa shape index (κ3) is 5.95. The molecule has 40 heavy (non-hydrogen) atoms. The monoisotopic (exact) mass is 547 g/mol. The van der Waals surface area contributed by atoms with Crippen molar-refractivity contribution in [2.24, 2.45) is 0 Å². The van der Waals surface area contributed by atoms with Gasteiger partial charge >= 0.3 is 0 Å². The van der Waals surface area contributed by atoms with Crippen LogP contribution in [0.5, 0.6) is 23.0 Å². The maximum absolute atomic E-state index is 12.1. The minimum atomic E-state index is 0.185. The summed E-state index contributed by atoms with van der Waals surface area (Å²) in [6, 6.07) is 13.2. The highest BCUT2D eigenvalue weighted by atomic mass is 16.5. The highest BCUT2D eigenvalue weighted by Crippen LogP contribution is 2.40. The number of carbonyl (C=O) groups excluding carboxylic acids is 1. The Hall–Kier alpha value is -4.74. The van der Waals surface area contributed by atoms with Crippen LogP contribution >= 0.6 is 0 Å². The van der Waals surface area contributed by atoms with Crippen LogP contribution < -0.4 is 29.6 Å². The van der Waals surface area contributed by atoms with Gasteiger partial charge in [-0.1, -0.05) is 18.2 Å². The Balaban J connectivity index is 1.41. The summed E-state index contributed by atoms with van der Waals surface area (Å²) in [6.07, 6.45) is 3.23. The molecule has 0 spiro atoms. The van der Waals surface area contributed by atoms with Gasteiger partial charge in [-0.15, -0.1) is 0 Å². The molecule has 210 valence electrons. The van der Waals surface area contributed by atoms with Crippen molar-refractivity contribution in [1.82, 2.24) is 24.4 Å². The van der Waals surface area contributed by atoms with Gasteiger partial charge in [0.1, 0.15) is 12.4 Å². The van der Waals surface area contributed by atoms with E-state index in [2.05, 4.69) is 15.6 Å². The molecule has 1 fully saturated rings. The van der Waals surface area contributed by atoms with E-state index in [4.69, 9.17) is 28.9 Å². The molecule has 4 aromatic rings. The first-order chi connectivity index (χ1) is 19.6. The highest BCUT2D eigenvalue weighted by Gasteiger charge is 2.21. The first-order valence-corrected chi connectivity index (χ1v) is 13.1. The number of anilines is 3. The number of fused-ring (bicyclic) bond motifs is 1. The van der Waals surface area contributed by atoms with E-state index in [0.29, 0.717) is 78.5 Å². The van der Waals surface area contributed by atoms with Gasteiger partial charge in [-0.05, 0) is 18.6 Å². The van der Waals surface area contributed by atoms with E-state index in [-0.39, 0.29) is 5.91 Å². The lowest BCUT2D eigenvalue weighted by Crippen LogP contribution is -2.28. The Kier molecular flexibility index (Phi) is 8.33. The quantitative estimate of drug-likeness (QED) is 0.239. The minimum absolute atomic E-state index is 0.185. The predicted octanol–water partition coefficient (Wildman–Crippen LogP) is 3.71. The van der Waals surface area contributed by atoms with E-state index in [9.17, 15) is 4.79 Å². The van der Waals surface area contributed by atoms with E-state index in [0.717, 1.165) is 18.7 Å². The van der Waals surface area contributed by atoms with Crippen molar-refractivity contribution in [2.45, 2.75) is 19.4 Å². The lowest BCUT2D eigenvalue weighted by Gasteiger charge is -2.16. The average molecular weight is 548 g/mol. The second-order valence-electron chi connectivity index (χ2n) is 9.12. The maximum atomic E-state index is 12.1. The third-order valence-electron chi connectivity index (χ3n) is 6.57. The largest absolute Gasteiger partial charge is 0.493 e. The zero-order valence-corrected chi connectivity index (χ0v) is 22.8. The normalized spacial score (nSPS) is 13.0. The van der Waals surface area contributed by atoms with Crippen molar-refractivity contribution in [1.29, 1.82) is 0 Å². The van der Waals surface area contributed by atoms with Crippen molar-refractivity contribution in [3.8, 4) is 23.0 Å². The molecule has 3 heterocycles. The molecule has 0 saturated carbocycles. The fourth-order valence-corrected chi connectivity index (χ4v) is 4.59. The number of nitrogens with zero attached hydrogens (tertiary/aromatic N) is 5. The molecule has 1 saturated heterocycles. The summed E-state index contributed by atoms with van der Waals surface area (Å²) in [4.78, 5) is 28.1. The van der Waals surface area contributed by atoms with Crippen molar-refractivity contribution in [3.05, 3.63) is 48.8 Å². The standard InChI is InChI=1S/C28H33N7O5/c1-37-21-16-19(17-22(38-2)25(21)39-3)31-28-32-26(29-11-15-40-20-8-5-4-6-9-20)24-27(33-28)35(18-30-24)14-13-34-12-7-10-23(34)36/h4-6,8-9,16-18H,7,10-15H2,1-3H3,(H2,29,31,32,33). The van der Waals surface area contributed by atoms with E-state index >= 15 is 0 Å². The fourth-order valence-electron chi connectivity index (χ4n) is 4.59. The molecule has 1 aliphatic rings. The Bertz CT molecular complexity index is 1440. The number of amides is 1. The number of para-hydroxylation sites is 1. The molecule has 0 unspecified atom stereocenters. The van der Waals surface area contributed by atoms with E-state index in [1.807, 2.05) is 39.8 Å². The van der Waals surface area contributed by atoms with Crippen LogP contribution in [0.25, 0.3) is 11.2 Å². The average Bonchev–Trinajstić information content (AvgIpc) is 3.59. The Morgan fingerprint density at radius 1 is 0.975 bits per heavy atom. The predicted molar refractivity (Wildman–Crippen MR) is 151 cm³/mol.